The lowest BCUT2D eigenvalue weighted by Gasteiger charge is -2.26. The zero-order chi connectivity index (χ0) is 19.8. The smallest absolute Gasteiger partial charge is 0.267 e. The number of carbonyl (C=O) groups excluding carboxylic acids is 2. The molecule has 1 aromatic carbocycles. The quantitative estimate of drug-likeness (QED) is 0.713. The molecule has 0 aliphatic carbocycles. The number of nitrogens with zero attached hydrogens (tertiary/aromatic N) is 1. The molecule has 1 aliphatic heterocycles. The predicted octanol–water partition coefficient (Wildman–Crippen LogP) is 1.81. The van der Waals surface area contributed by atoms with Crippen molar-refractivity contribution >= 4 is 17.9 Å². The molecule has 7 nitrogen and oxygen atoms in total. The van der Waals surface area contributed by atoms with Crippen LogP contribution in [0, 0.1) is 6.92 Å². The summed E-state index contributed by atoms with van der Waals surface area (Å²) in [5.74, 6) is -0.214. The van der Waals surface area contributed by atoms with E-state index >= 15 is 0 Å². The minimum atomic E-state index is -0.356. The summed E-state index contributed by atoms with van der Waals surface area (Å²) in [6.45, 7) is 6.30. The van der Waals surface area contributed by atoms with Gasteiger partial charge in [-0.1, -0.05) is 17.7 Å². The van der Waals surface area contributed by atoms with Gasteiger partial charge in [0.2, 0.25) is 0 Å². The third-order valence-electron chi connectivity index (χ3n) is 4.45. The molecule has 2 aromatic rings. The highest BCUT2D eigenvalue weighted by Gasteiger charge is 2.16. The second kappa shape index (κ2) is 9.87. The fourth-order valence-corrected chi connectivity index (χ4v) is 2.82. The van der Waals surface area contributed by atoms with Gasteiger partial charge in [0.15, 0.2) is 0 Å². The molecule has 0 saturated carbocycles. The minimum absolute atomic E-state index is 0.141. The van der Waals surface area contributed by atoms with Crippen LogP contribution in [0.3, 0.4) is 0 Å². The molecular weight excluding hydrogens is 358 g/mol. The summed E-state index contributed by atoms with van der Waals surface area (Å²) in [6, 6.07) is 10.6. The van der Waals surface area contributed by atoms with Crippen LogP contribution in [0.2, 0.25) is 0 Å². The molecule has 28 heavy (non-hydrogen) atoms. The van der Waals surface area contributed by atoms with Crippen molar-refractivity contribution in [1.29, 1.82) is 0 Å². The predicted molar refractivity (Wildman–Crippen MR) is 106 cm³/mol. The van der Waals surface area contributed by atoms with Gasteiger partial charge in [-0.25, -0.2) is 0 Å². The number of rotatable bonds is 7. The lowest BCUT2D eigenvalue weighted by Crippen LogP contribution is -2.42. The van der Waals surface area contributed by atoms with E-state index in [-0.39, 0.29) is 17.5 Å². The van der Waals surface area contributed by atoms with Gasteiger partial charge < -0.3 is 19.8 Å². The van der Waals surface area contributed by atoms with Crippen molar-refractivity contribution < 1.29 is 18.7 Å². The van der Waals surface area contributed by atoms with Gasteiger partial charge in [0, 0.05) is 37.8 Å². The number of morpholine rings is 1. The normalized spacial score (nSPS) is 15.2. The molecule has 7 heteroatoms. The summed E-state index contributed by atoms with van der Waals surface area (Å²) in [7, 11) is 0. The van der Waals surface area contributed by atoms with E-state index in [2.05, 4.69) is 15.5 Å². The Hall–Kier alpha value is -2.90. The van der Waals surface area contributed by atoms with E-state index in [0.717, 1.165) is 25.2 Å². The molecule has 0 radical (unpaired) electrons. The largest absolute Gasteiger partial charge is 0.465 e. The topological polar surface area (TPSA) is 83.8 Å². The van der Waals surface area contributed by atoms with E-state index in [1.54, 1.807) is 24.3 Å². The highest BCUT2D eigenvalue weighted by Crippen LogP contribution is 2.08. The molecule has 1 aliphatic rings. The first kappa shape index (κ1) is 19.9. The third kappa shape index (κ3) is 5.80. The SMILES string of the molecule is Cc1ccc(C(=O)N/C(=C/c2ccco2)C(=O)NCCN2CCOCC2)cc1. The fraction of sp³-hybridized carbons (Fsp3) is 0.333. The standard InChI is InChI=1S/C21H25N3O4/c1-16-4-6-17(7-5-16)20(25)23-19(15-18-3-2-12-28-18)21(26)22-8-9-24-10-13-27-14-11-24/h2-7,12,15H,8-11,13-14H2,1H3,(H,22,26)(H,23,25)/b19-15+. The highest BCUT2D eigenvalue weighted by molar-refractivity contribution is 6.05. The Labute approximate surface area is 164 Å². The van der Waals surface area contributed by atoms with E-state index in [9.17, 15) is 9.59 Å². The van der Waals surface area contributed by atoms with E-state index in [4.69, 9.17) is 9.15 Å². The zero-order valence-corrected chi connectivity index (χ0v) is 15.9. The molecule has 0 bridgehead atoms. The van der Waals surface area contributed by atoms with Gasteiger partial charge in [-0.05, 0) is 31.2 Å². The van der Waals surface area contributed by atoms with Crippen LogP contribution in [-0.4, -0.2) is 56.1 Å². The molecule has 1 saturated heterocycles. The summed E-state index contributed by atoms with van der Waals surface area (Å²) >= 11 is 0. The number of benzene rings is 1. The number of hydrogen-bond acceptors (Lipinski definition) is 5. The monoisotopic (exact) mass is 383 g/mol. The van der Waals surface area contributed by atoms with Crippen molar-refractivity contribution in [3.05, 3.63) is 65.2 Å². The van der Waals surface area contributed by atoms with Crippen molar-refractivity contribution in [2.75, 3.05) is 39.4 Å². The number of nitrogens with one attached hydrogen (secondary N) is 2. The van der Waals surface area contributed by atoms with Crippen molar-refractivity contribution in [3.8, 4) is 0 Å². The Morgan fingerprint density at radius 2 is 1.89 bits per heavy atom. The van der Waals surface area contributed by atoms with Crippen molar-refractivity contribution in [2.45, 2.75) is 6.92 Å². The Morgan fingerprint density at radius 3 is 2.57 bits per heavy atom. The van der Waals surface area contributed by atoms with Crippen LogP contribution in [0.1, 0.15) is 21.7 Å². The third-order valence-corrected chi connectivity index (χ3v) is 4.45. The lowest BCUT2D eigenvalue weighted by atomic mass is 10.1. The maximum absolute atomic E-state index is 12.7. The van der Waals surface area contributed by atoms with Crippen LogP contribution in [0.15, 0.2) is 52.8 Å². The average molecular weight is 383 g/mol. The van der Waals surface area contributed by atoms with Gasteiger partial charge >= 0.3 is 0 Å². The Kier molecular flexibility index (Phi) is 7.00. The van der Waals surface area contributed by atoms with Crippen LogP contribution in [0.4, 0.5) is 0 Å². The zero-order valence-electron chi connectivity index (χ0n) is 15.9. The number of amides is 2. The first-order valence-corrected chi connectivity index (χ1v) is 9.33. The summed E-state index contributed by atoms with van der Waals surface area (Å²) in [4.78, 5) is 27.4. The summed E-state index contributed by atoms with van der Waals surface area (Å²) < 4.78 is 10.6. The molecule has 0 atom stereocenters. The number of furan rings is 1. The number of carbonyl (C=O) groups is 2. The van der Waals surface area contributed by atoms with Crippen molar-refractivity contribution in [3.63, 3.8) is 0 Å². The Morgan fingerprint density at radius 1 is 1.14 bits per heavy atom. The van der Waals surface area contributed by atoms with Gasteiger partial charge in [0.1, 0.15) is 11.5 Å². The first-order chi connectivity index (χ1) is 13.6. The van der Waals surface area contributed by atoms with Gasteiger partial charge in [0.05, 0.1) is 19.5 Å². The molecule has 1 aromatic heterocycles. The van der Waals surface area contributed by atoms with Crippen LogP contribution in [-0.2, 0) is 9.53 Å². The average Bonchev–Trinajstić information content (AvgIpc) is 3.22. The van der Waals surface area contributed by atoms with Gasteiger partial charge in [-0.2, -0.15) is 0 Å². The molecule has 3 rings (SSSR count). The van der Waals surface area contributed by atoms with Gasteiger partial charge in [-0.3, -0.25) is 14.5 Å². The Balaban J connectivity index is 1.63. The van der Waals surface area contributed by atoms with Crippen LogP contribution >= 0.6 is 0 Å². The molecule has 0 unspecified atom stereocenters. The minimum Gasteiger partial charge on any atom is -0.465 e. The van der Waals surface area contributed by atoms with Crippen molar-refractivity contribution in [1.82, 2.24) is 15.5 Å². The molecule has 148 valence electrons. The van der Waals surface area contributed by atoms with Crippen LogP contribution < -0.4 is 10.6 Å². The molecular formula is C21H25N3O4. The maximum Gasteiger partial charge on any atom is 0.267 e. The summed E-state index contributed by atoms with van der Waals surface area (Å²) in [5.41, 5.74) is 1.68. The van der Waals surface area contributed by atoms with Crippen LogP contribution in [0.25, 0.3) is 6.08 Å². The van der Waals surface area contributed by atoms with E-state index in [1.165, 1.54) is 12.3 Å². The van der Waals surface area contributed by atoms with Crippen LogP contribution in [0.5, 0.6) is 0 Å². The van der Waals surface area contributed by atoms with Gasteiger partial charge in [-0.15, -0.1) is 0 Å². The lowest BCUT2D eigenvalue weighted by molar-refractivity contribution is -0.117. The second-order valence-electron chi connectivity index (χ2n) is 6.60. The molecule has 2 amide bonds. The summed E-state index contributed by atoms with van der Waals surface area (Å²) in [5, 5.41) is 5.56. The molecule has 2 N–H and O–H groups in total. The van der Waals surface area contributed by atoms with E-state index < -0.39 is 0 Å². The molecule has 0 spiro atoms. The second-order valence-corrected chi connectivity index (χ2v) is 6.60. The maximum atomic E-state index is 12.7. The number of hydrogen-bond donors (Lipinski definition) is 2. The molecule has 2 heterocycles. The van der Waals surface area contributed by atoms with E-state index in [0.29, 0.717) is 31.1 Å². The Bertz CT molecular complexity index is 807. The number of aryl methyl sites for hydroxylation is 1. The van der Waals surface area contributed by atoms with E-state index in [1.807, 2.05) is 19.1 Å². The summed E-state index contributed by atoms with van der Waals surface area (Å²) in [6.07, 6.45) is 3.04. The van der Waals surface area contributed by atoms with Gasteiger partial charge in [0.25, 0.3) is 11.8 Å². The fourth-order valence-electron chi connectivity index (χ4n) is 2.82. The van der Waals surface area contributed by atoms with Crippen molar-refractivity contribution in [2.24, 2.45) is 0 Å². The highest BCUT2D eigenvalue weighted by atomic mass is 16.5. The number of ether oxygens (including phenoxy) is 1. The molecule has 1 fully saturated rings. The first-order valence-electron chi connectivity index (χ1n) is 9.33.